The predicted molar refractivity (Wildman–Crippen MR) is 104 cm³/mol. The molecule has 3 aromatic rings. The summed E-state index contributed by atoms with van der Waals surface area (Å²) in [7, 11) is 0. The number of rotatable bonds is 5. The first-order valence-corrected chi connectivity index (χ1v) is 8.94. The third-order valence-corrected chi connectivity index (χ3v) is 4.29. The van der Waals surface area contributed by atoms with Gasteiger partial charge in [0.15, 0.2) is 5.82 Å². The Kier molecular flexibility index (Phi) is 5.16. The fraction of sp³-hybridized carbons (Fsp3) is 0.263. The number of para-hydroxylation sites is 2. The van der Waals surface area contributed by atoms with Crippen molar-refractivity contribution in [3.63, 3.8) is 0 Å². The molecule has 1 aliphatic rings. The molecule has 0 aliphatic carbocycles. The van der Waals surface area contributed by atoms with E-state index >= 15 is 0 Å². The molecule has 0 spiro atoms. The quantitative estimate of drug-likeness (QED) is 0.696. The Balaban J connectivity index is 1.50. The number of nitrogens with zero attached hydrogens (tertiary/aromatic N) is 4. The Bertz CT molecular complexity index is 968. The molecule has 2 aromatic heterocycles. The molecule has 1 saturated heterocycles. The van der Waals surface area contributed by atoms with Gasteiger partial charge >= 0.3 is 0 Å². The number of nitrogens with one attached hydrogen (secondary N) is 2. The van der Waals surface area contributed by atoms with Crippen molar-refractivity contribution in [1.29, 1.82) is 0 Å². The lowest BCUT2D eigenvalue weighted by Gasteiger charge is -2.30. The summed E-state index contributed by atoms with van der Waals surface area (Å²) in [6.45, 7) is 4.70. The maximum Gasteiger partial charge on any atom is 0.274 e. The number of carbonyl (C=O) groups is 1. The minimum atomic E-state index is -0.317. The highest BCUT2D eigenvalue weighted by molar-refractivity contribution is 6.05. The number of ether oxygens (including phenoxy) is 1. The van der Waals surface area contributed by atoms with Crippen LogP contribution in [-0.4, -0.2) is 47.3 Å². The first-order chi connectivity index (χ1) is 13.7. The van der Waals surface area contributed by atoms with Crippen LogP contribution in [0.5, 0.6) is 0 Å². The van der Waals surface area contributed by atoms with Crippen molar-refractivity contribution in [3.05, 3.63) is 54.2 Å². The van der Waals surface area contributed by atoms with Crippen molar-refractivity contribution in [1.82, 2.24) is 15.1 Å². The third kappa shape index (κ3) is 4.09. The van der Waals surface area contributed by atoms with E-state index in [1.54, 1.807) is 19.1 Å². The SMILES string of the molecule is Cc1cc(Nc2cc(C(=O)Nc3ccccc3N3CCOCC3)ncn2)no1. The van der Waals surface area contributed by atoms with Crippen LogP contribution < -0.4 is 15.5 Å². The molecular formula is C19H20N6O3. The Morgan fingerprint density at radius 2 is 1.93 bits per heavy atom. The Hall–Kier alpha value is -3.46. The van der Waals surface area contributed by atoms with Crippen LogP contribution in [0.1, 0.15) is 16.2 Å². The summed E-state index contributed by atoms with van der Waals surface area (Å²) in [5.74, 6) is 1.33. The fourth-order valence-electron chi connectivity index (χ4n) is 2.95. The van der Waals surface area contributed by atoms with Crippen molar-refractivity contribution in [3.8, 4) is 0 Å². The number of hydrogen-bond donors (Lipinski definition) is 2. The molecule has 0 atom stereocenters. The van der Waals surface area contributed by atoms with E-state index in [9.17, 15) is 4.79 Å². The van der Waals surface area contributed by atoms with Gasteiger partial charge in [0.05, 0.1) is 24.6 Å². The zero-order chi connectivity index (χ0) is 19.3. The molecular weight excluding hydrogens is 360 g/mol. The maximum atomic E-state index is 12.8. The number of anilines is 4. The van der Waals surface area contributed by atoms with E-state index in [0.29, 0.717) is 30.6 Å². The molecule has 28 heavy (non-hydrogen) atoms. The fourth-order valence-corrected chi connectivity index (χ4v) is 2.95. The second kappa shape index (κ2) is 8.05. The Morgan fingerprint density at radius 3 is 2.71 bits per heavy atom. The normalized spacial score (nSPS) is 14.0. The van der Waals surface area contributed by atoms with E-state index in [0.717, 1.165) is 24.5 Å². The summed E-state index contributed by atoms with van der Waals surface area (Å²) in [4.78, 5) is 23.1. The lowest BCUT2D eigenvalue weighted by atomic mass is 10.2. The zero-order valence-corrected chi connectivity index (χ0v) is 15.4. The smallest absolute Gasteiger partial charge is 0.274 e. The summed E-state index contributed by atoms with van der Waals surface area (Å²) in [5.41, 5.74) is 1.94. The van der Waals surface area contributed by atoms with Gasteiger partial charge in [0.2, 0.25) is 0 Å². The molecule has 1 amide bonds. The topological polar surface area (TPSA) is 105 Å². The molecule has 4 rings (SSSR count). The summed E-state index contributed by atoms with van der Waals surface area (Å²) in [6, 6.07) is 11.0. The van der Waals surface area contributed by atoms with Crippen LogP contribution in [-0.2, 0) is 4.74 Å². The van der Waals surface area contributed by atoms with Crippen LogP contribution in [0.25, 0.3) is 0 Å². The summed E-state index contributed by atoms with van der Waals surface area (Å²) in [5, 5.41) is 9.79. The summed E-state index contributed by atoms with van der Waals surface area (Å²) < 4.78 is 10.4. The van der Waals surface area contributed by atoms with Crippen LogP contribution >= 0.6 is 0 Å². The van der Waals surface area contributed by atoms with Gasteiger partial charge in [-0.2, -0.15) is 0 Å². The zero-order valence-electron chi connectivity index (χ0n) is 15.4. The number of benzene rings is 1. The lowest BCUT2D eigenvalue weighted by molar-refractivity contribution is 0.102. The average molecular weight is 380 g/mol. The number of amides is 1. The van der Waals surface area contributed by atoms with Gasteiger partial charge in [-0.05, 0) is 19.1 Å². The molecule has 1 aromatic carbocycles. The van der Waals surface area contributed by atoms with Crippen LogP contribution in [0, 0.1) is 6.92 Å². The van der Waals surface area contributed by atoms with Gasteiger partial charge in [-0.3, -0.25) is 4.79 Å². The largest absolute Gasteiger partial charge is 0.378 e. The highest BCUT2D eigenvalue weighted by atomic mass is 16.5. The molecule has 1 aliphatic heterocycles. The molecule has 0 radical (unpaired) electrons. The van der Waals surface area contributed by atoms with Gasteiger partial charge in [0.25, 0.3) is 5.91 Å². The number of carbonyl (C=O) groups excluding carboxylic acids is 1. The predicted octanol–water partition coefficient (Wildman–Crippen LogP) is 2.61. The number of hydrogen-bond acceptors (Lipinski definition) is 8. The van der Waals surface area contributed by atoms with Crippen molar-refractivity contribution >= 4 is 28.9 Å². The number of aromatic nitrogens is 3. The number of aryl methyl sites for hydroxylation is 1. The highest BCUT2D eigenvalue weighted by Gasteiger charge is 2.17. The average Bonchev–Trinajstić information content (AvgIpc) is 3.14. The molecule has 0 bridgehead atoms. The van der Waals surface area contributed by atoms with Crippen molar-refractivity contribution < 1.29 is 14.1 Å². The van der Waals surface area contributed by atoms with Crippen molar-refractivity contribution in [2.75, 3.05) is 41.8 Å². The molecule has 2 N–H and O–H groups in total. The van der Waals surface area contributed by atoms with Crippen molar-refractivity contribution in [2.24, 2.45) is 0 Å². The van der Waals surface area contributed by atoms with E-state index < -0.39 is 0 Å². The van der Waals surface area contributed by atoms with Gasteiger partial charge in [-0.15, -0.1) is 0 Å². The monoisotopic (exact) mass is 380 g/mol. The molecule has 9 nitrogen and oxygen atoms in total. The molecule has 0 unspecified atom stereocenters. The maximum absolute atomic E-state index is 12.8. The van der Waals surface area contributed by atoms with Gasteiger partial charge in [-0.25, -0.2) is 9.97 Å². The molecule has 3 heterocycles. The van der Waals surface area contributed by atoms with E-state index in [4.69, 9.17) is 9.26 Å². The van der Waals surface area contributed by atoms with E-state index in [1.165, 1.54) is 6.33 Å². The van der Waals surface area contributed by atoms with E-state index in [1.807, 2.05) is 24.3 Å². The van der Waals surface area contributed by atoms with E-state index in [-0.39, 0.29) is 11.6 Å². The Morgan fingerprint density at radius 1 is 1.11 bits per heavy atom. The summed E-state index contributed by atoms with van der Waals surface area (Å²) in [6.07, 6.45) is 1.33. The van der Waals surface area contributed by atoms with Crippen LogP contribution in [0.3, 0.4) is 0 Å². The molecule has 0 saturated carbocycles. The molecule has 1 fully saturated rings. The van der Waals surface area contributed by atoms with Gasteiger partial charge in [0, 0.05) is 25.2 Å². The van der Waals surface area contributed by atoms with Gasteiger partial charge in [-0.1, -0.05) is 17.3 Å². The van der Waals surface area contributed by atoms with E-state index in [2.05, 4.69) is 30.7 Å². The Labute approximate surface area is 161 Å². The van der Waals surface area contributed by atoms with Crippen molar-refractivity contribution in [2.45, 2.75) is 6.92 Å². The lowest BCUT2D eigenvalue weighted by Crippen LogP contribution is -2.36. The minimum Gasteiger partial charge on any atom is -0.378 e. The highest BCUT2D eigenvalue weighted by Crippen LogP contribution is 2.27. The third-order valence-electron chi connectivity index (χ3n) is 4.29. The van der Waals surface area contributed by atoms with Gasteiger partial charge in [0.1, 0.15) is 23.6 Å². The standard InChI is InChI=1S/C19H20N6O3/c1-13-10-18(24-28-13)23-17-11-15(20-12-21-17)19(26)22-14-4-2-3-5-16(14)25-6-8-27-9-7-25/h2-5,10-12H,6-9H2,1H3,(H,22,26)(H,20,21,23,24). The number of morpholine rings is 1. The van der Waals surface area contributed by atoms with Crippen LogP contribution in [0.4, 0.5) is 23.0 Å². The summed E-state index contributed by atoms with van der Waals surface area (Å²) >= 11 is 0. The van der Waals surface area contributed by atoms with Crippen LogP contribution in [0.2, 0.25) is 0 Å². The van der Waals surface area contributed by atoms with Crippen LogP contribution in [0.15, 0.2) is 47.2 Å². The first kappa shape index (κ1) is 17.9. The first-order valence-electron chi connectivity index (χ1n) is 8.94. The second-order valence-electron chi connectivity index (χ2n) is 6.31. The molecule has 9 heteroatoms. The second-order valence-corrected chi connectivity index (χ2v) is 6.31. The van der Waals surface area contributed by atoms with Gasteiger partial charge < -0.3 is 24.8 Å². The molecule has 144 valence electrons. The minimum absolute atomic E-state index is 0.245.